The maximum Gasteiger partial charge on any atom is 0.225 e. The highest BCUT2D eigenvalue weighted by Gasteiger charge is 2.16. The fraction of sp³-hybridized carbons (Fsp3) is 0.238. The molecule has 30 heavy (non-hydrogen) atoms. The van der Waals surface area contributed by atoms with E-state index in [0.717, 1.165) is 29.8 Å². The van der Waals surface area contributed by atoms with Crippen LogP contribution in [0, 0.1) is 0 Å². The number of hydrogen-bond donors (Lipinski definition) is 4. The van der Waals surface area contributed by atoms with Crippen molar-refractivity contribution in [1.82, 2.24) is 9.97 Å². The molecule has 0 unspecified atom stereocenters. The van der Waals surface area contributed by atoms with Crippen molar-refractivity contribution in [2.75, 3.05) is 16.2 Å². The van der Waals surface area contributed by atoms with Gasteiger partial charge in [0.1, 0.15) is 0 Å². The summed E-state index contributed by atoms with van der Waals surface area (Å²) in [4.78, 5) is 9.31. The third-order valence-electron chi connectivity index (χ3n) is 4.87. The minimum atomic E-state index is -2.22. The number of hydrazine groups is 1. The lowest BCUT2D eigenvalue weighted by molar-refractivity contribution is 0.529. The van der Waals surface area contributed by atoms with Crippen molar-refractivity contribution in [3.8, 4) is 11.3 Å². The molecule has 0 aliphatic heterocycles. The van der Waals surface area contributed by atoms with Crippen LogP contribution in [-0.2, 0) is 15.1 Å². The molecule has 1 aliphatic carbocycles. The molecule has 0 bridgehead atoms. The second-order valence-electron chi connectivity index (χ2n) is 7.07. The van der Waals surface area contributed by atoms with Crippen LogP contribution >= 0.6 is 0 Å². The van der Waals surface area contributed by atoms with E-state index in [-0.39, 0.29) is 0 Å². The molecule has 9 heteroatoms. The van der Waals surface area contributed by atoms with Crippen LogP contribution in [0.2, 0.25) is 0 Å². The molecule has 1 saturated carbocycles. The van der Waals surface area contributed by atoms with Crippen LogP contribution in [0.25, 0.3) is 11.3 Å². The first-order valence-corrected chi connectivity index (χ1v) is 10.9. The Balaban J connectivity index is 1.53. The molecule has 0 radical (unpaired) electrons. The van der Waals surface area contributed by atoms with Gasteiger partial charge in [-0.1, -0.05) is 54.1 Å². The zero-order valence-corrected chi connectivity index (χ0v) is 17.1. The highest BCUT2D eigenvalue weighted by Crippen LogP contribution is 2.25. The van der Waals surface area contributed by atoms with Gasteiger partial charge in [0.15, 0.2) is 5.82 Å². The minimum absolute atomic E-state index is 0.408. The predicted molar refractivity (Wildman–Crippen MR) is 120 cm³/mol. The Labute approximate surface area is 177 Å². The molecule has 0 amide bonds. The van der Waals surface area contributed by atoms with Crippen molar-refractivity contribution in [3.63, 3.8) is 0 Å². The van der Waals surface area contributed by atoms with E-state index >= 15 is 0 Å². The fourth-order valence-electron chi connectivity index (χ4n) is 3.42. The lowest BCUT2D eigenvalue weighted by Crippen LogP contribution is -2.18. The van der Waals surface area contributed by atoms with Crippen molar-refractivity contribution in [2.24, 2.45) is 4.36 Å². The second-order valence-corrected chi connectivity index (χ2v) is 7.72. The molecule has 0 saturated heterocycles. The molecule has 1 heterocycles. The number of rotatable bonds is 7. The van der Waals surface area contributed by atoms with Gasteiger partial charge in [0.05, 0.1) is 11.4 Å². The zero-order valence-electron chi connectivity index (χ0n) is 16.3. The van der Waals surface area contributed by atoms with Crippen molar-refractivity contribution in [3.05, 3.63) is 60.7 Å². The molecule has 8 nitrogen and oxygen atoms in total. The maximum atomic E-state index is 10.8. The van der Waals surface area contributed by atoms with E-state index < -0.39 is 10.9 Å². The summed E-state index contributed by atoms with van der Waals surface area (Å²) in [5.41, 5.74) is 9.25. The minimum Gasteiger partial charge on any atom is -0.454 e. The van der Waals surface area contributed by atoms with Gasteiger partial charge in [-0.3, -0.25) is 10.9 Å². The molecule has 3 aromatic rings. The van der Waals surface area contributed by atoms with Crippen molar-refractivity contribution >= 4 is 34.0 Å². The molecule has 2 aromatic carbocycles. The molecule has 1 aromatic heterocycles. The third kappa shape index (κ3) is 5.46. The van der Waals surface area contributed by atoms with E-state index in [2.05, 4.69) is 25.5 Å². The summed E-state index contributed by atoms with van der Waals surface area (Å²) < 4.78 is 23.2. The summed E-state index contributed by atoms with van der Waals surface area (Å²) in [6.45, 7) is 0. The van der Waals surface area contributed by atoms with Crippen LogP contribution < -0.4 is 16.2 Å². The summed E-state index contributed by atoms with van der Waals surface area (Å²) in [7, 11) is -2.22. The van der Waals surface area contributed by atoms with Crippen LogP contribution in [0.4, 0.5) is 23.1 Å². The molecule has 4 rings (SSSR count). The molecule has 1 fully saturated rings. The van der Waals surface area contributed by atoms with Crippen molar-refractivity contribution in [1.29, 1.82) is 0 Å². The Hall–Kier alpha value is -3.17. The Bertz CT molecular complexity index is 1060. The van der Waals surface area contributed by atoms with E-state index in [0.29, 0.717) is 23.5 Å². The van der Waals surface area contributed by atoms with Gasteiger partial charge in [-0.25, -0.2) is 4.98 Å². The standard InChI is InChI=1S/C21H23N6O2S/c28-30(29)27-18-12-10-17(11-13-18)25-26-20-14-19(15-6-2-1-3-7-15)23-21(24-20)22-16-8-4-5-9-16/h1-3,6-7,10-14,16,25H,4-5,8-9H2,(H,27,28,29)(H2,22,23,24,26)/q-1. The van der Waals surface area contributed by atoms with Crippen LogP contribution in [0.5, 0.6) is 0 Å². The summed E-state index contributed by atoms with van der Waals surface area (Å²) >= 11 is 0. The third-order valence-corrected chi connectivity index (χ3v) is 5.24. The normalized spacial score (nSPS) is 15.1. The lowest BCUT2D eigenvalue weighted by atomic mass is 10.1. The fourth-order valence-corrected chi connectivity index (χ4v) is 3.72. The SMILES string of the molecule is O=[S-](O)=Nc1ccc(NNc2cc(-c3ccccc3)nc(NC3CCCC3)n2)cc1. The Morgan fingerprint density at radius 3 is 2.40 bits per heavy atom. The monoisotopic (exact) mass is 423 g/mol. The van der Waals surface area contributed by atoms with Gasteiger partial charge in [-0.2, -0.15) is 4.98 Å². The highest BCUT2D eigenvalue weighted by molar-refractivity contribution is 7.68. The molecule has 0 atom stereocenters. The first kappa shape index (κ1) is 20.1. The number of nitrogens with zero attached hydrogens (tertiary/aromatic N) is 3. The van der Waals surface area contributed by atoms with Crippen LogP contribution in [-0.4, -0.2) is 20.6 Å². The van der Waals surface area contributed by atoms with Crippen molar-refractivity contribution < 1.29 is 8.76 Å². The smallest absolute Gasteiger partial charge is 0.225 e. The van der Waals surface area contributed by atoms with E-state index in [1.54, 1.807) is 24.3 Å². The zero-order chi connectivity index (χ0) is 20.8. The Morgan fingerprint density at radius 1 is 0.967 bits per heavy atom. The maximum absolute atomic E-state index is 10.8. The van der Waals surface area contributed by atoms with Gasteiger partial charge in [-0.05, 0) is 37.1 Å². The van der Waals surface area contributed by atoms with Crippen LogP contribution in [0.3, 0.4) is 0 Å². The first-order chi connectivity index (χ1) is 14.7. The molecule has 156 valence electrons. The number of hydrogen-bond acceptors (Lipinski definition) is 8. The predicted octanol–water partition coefficient (Wildman–Crippen LogP) is 5.19. The van der Waals surface area contributed by atoms with Gasteiger partial charge < -0.3 is 18.4 Å². The summed E-state index contributed by atoms with van der Waals surface area (Å²) in [5, 5.41) is 3.46. The summed E-state index contributed by atoms with van der Waals surface area (Å²) in [5.74, 6) is 1.24. The first-order valence-electron chi connectivity index (χ1n) is 9.81. The lowest BCUT2D eigenvalue weighted by Gasteiger charge is -2.15. The Morgan fingerprint density at radius 2 is 1.70 bits per heavy atom. The Kier molecular flexibility index (Phi) is 6.41. The summed E-state index contributed by atoms with van der Waals surface area (Å²) in [6, 6.07) is 19.1. The molecular formula is C21H23N6O2S-. The number of anilines is 3. The summed E-state index contributed by atoms with van der Waals surface area (Å²) in [6.07, 6.45) is 4.73. The van der Waals surface area contributed by atoms with Gasteiger partial charge in [0.25, 0.3) is 0 Å². The van der Waals surface area contributed by atoms with E-state index in [1.165, 1.54) is 12.8 Å². The average molecular weight is 424 g/mol. The van der Waals surface area contributed by atoms with E-state index in [1.807, 2.05) is 36.4 Å². The average Bonchev–Trinajstić information content (AvgIpc) is 3.26. The quantitative estimate of drug-likeness (QED) is 0.235. The molecule has 1 aliphatic rings. The van der Waals surface area contributed by atoms with Gasteiger partial charge >= 0.3 is 0 Å². The van der Waals surface area contributed by atoms with Crippen molar-refractivity contribution in [2.45, 2.75) is 31.7 Å². The second kappa shape index (κ2) is 9.55. The van der Waals surface area contributed by atoms with Crippen LogP contribution in [0.15, 0.2) is 65.0 Å². The number of benzene rings is 2. The topological polar surface area (TPSA) is 112 Å². The molecule has 4 N–H and O–H groups in total. The molecule has 0 spiro atoms. The van der Waals surface area contributed by atoms with Gasteiger partial charge in [0, 0.05) is 23.4 Å². The van der Waals surface area contributed by atoms with Gasteiger partial charge in [-0.15, -0.1) is 0 Å². The largest absolute Gasteiger partial charge is 0.454 e. The number of aromatic nitrogens is 2. The highest BCUT2D eigenvalue weighted by atomic mass is 32.2. The van der Waals surface area contributed by atoms with E-state index in [9.17, 15) is 4.21 Å². The number of nitrogens with one attached hydrogen (secondary N) is 3. The molecular weight excluding hydrogens is 400 g/mol. The van der Waals surface area contributed by atoms with Crippen LogP contribution in [0.1, 0.15) is 25.7 Å². The van der Waals surface area contributed by atoms with E-state index in [4.69, 9.17) is 9.54 Å². The van der Waals surface area contributed by atoms with Gasteiger partial charge in [0.2, 0.25) is 5.95 Å².